The first-order chi connectivity index (χ1) is 15.0. The number of piperidine rings is 1. The van der Waals surface area contributed by atoms with E-state index < -0.39 is 27.2 Å². The molecule has 1 aliphatic heterocycles. The summed E-state index contributed by atoms with van der Waals surface area (Å²) >= 11 is 2.62. The minimum atomic E-state index is -4.66. The summed E-state index contributed by atoms with van der Waals surface area (Å²) in [5, 5.41) is 14.7. The number of ether oxygens (including phenoxy) is 1. The summed E-state index contributed by atoms with van der Waals surface area (Å²) in [7, 11) is 0. The second-order valence-corrected chi connectivity index (χ2v) is 10.7. The maximum Gasteiger partial charge on any atom is 0.411 e. The minimum absolute atomic E-state index is 0.0192. The molecule has 32 heavy (non-hydrogen) atoms. The third kappa shape index (κ3) is 5.74. The molecule has 0 spiro atoms. The molecule has 3 aliphatic rings. The second-order valence-electron chi connectivity index (χ2n) is 9.42. The van der Waals surface area contributed by atoms with Gasteiger partial charge in [0.2, 0.25) is 0 Å². The van der Waals surface area contributed by atoms with E-state index in [1.807, 2.05) is 0 Å². The lowest BCUT2D eigenvalue weighted by Crippen LogP contribution is -2.56. The largest absolute Gasteiger partial charge is 0.411 e. The monoisotopic (exact) mass is 523 g/mol. The molecule has 182 valence electrons. The van der Waals surface area contributed by atoms with Crippen molar-refractivity contribution in [2.45, 2.75) is 93.0 Å². The van der Waals surface area contributed by atoms with Gasteiger partial charge in [-0.2, -0.15) is 13.2 Å². The fourth-order valence-corrected chi connectivity index (χ4v) is 5.38. The molecule has 0 bridgehead atoms. The van der Waals surface area contributed by atoms with E-state index in [2.05, 4.69) is 40.0 Å². The number of nitrogens with one attached hydrogen (secondary N) is 1. The van der Waals surface area contributed by atoms with E-state index in [4.69, 9.17) is 4.74 Å². The third-order valence-electron chi connectivity index (χ3n) is 7.09. The smallest absolute Gasteiger partial charge is 0.378 e. The van der Waals surface area contributed by atoms with Crippen molar-refractivity contribution in [3.05, 3.63) is 34.0 Å². The number of allylic oxidation sites excluding steroid dienone is 2. The van der Waals surface area contributed by atoms with E-state index in [1.54, 1.807) is 0 Å². The van der Waals surface area contributed by atoms with Crippen LogP contribution in [0, 0.1) is 10.1 Å². The Hall–Kier alpha value is -0.970. The lowest BCUT2D eigenvalue weighted by atomic mass is 9.79. The van der Waals surface area contributed by atoms with Gasteiger partial charge >= 0.3 is 6.18 Å². The van der Waals surface area contributed by atoms with Gasteiger partial charge in [-0.15, -0.1) is 0 Å². The van der Waals surface area contributed by atoms with Gasteiger partial charge in [0.1, 0.15) is 6.04 Å². The van der Waals surface area contributed by atoms with Crippen molar-refractivity contribution in [1.29, 1.82) is 0 Å². The average Bonchev–Trinajstić information content (AvgIpc) is 2.74. The van der Waals surface area contributed by atoms with Gasteiger partial charge in [0, 0.05) is 37.4 Å². The van der Waals surface area contributed by atoms with E-state index in [-0.39, 0.29) is 11.6 Å². The summed E-state index contributed by atoms with van der Waals surface area (Å²) in [6.45, 7) is 6.97. The predicted octanol–water partition coefficient (Wildman–Crippen LogP) is 4.96. The van der Waals surface area contributed by atoms with Crippen LogP contribution in [-0.2, 0) is 4.74 Å². The molecule has 0 amide bonds. The summed E-state index contributed by atoms with van der Waals surface area (Å²) in [5.41, 5.74) is -0.336. The van der Waals surface area contributed by atoms with E-state index in [1.165, 1.54) is 6.08 Å². The van der Waals surface area contributed by atoms with Gasteiger partial charge in [0.15, 0.2) is 4.32 Å². The van der Waals surface area contributed by atoms with E-state index in [0.717, 1.165) is 70.7 Å². The SMILES string of the molecule is CCCOC1CCC(C)(N2CCC(NC3C=CC(Br)(C(F)(F)F)C=C3[N+](=O)[O-])CC2)CC1. The number of hydrogen-bond donors (Lipinski definition) is 1. The standard InChI is InChI=1S/C22H33BrF3N3O3/c1-3-14-32-17-4-9-20(2,10-5-17)28-12-7-16(8-13-28)27-18-6-11-21(23,22(24,25)26)15-19(18)29(30)31/h6,11,15-18,27H,3-5,7-10,12-14H2,1-2H3. The molecule has 0 aromatic heterocycles. The Morgan fingerprint density at radius 3 is 2.44 bits per heavy atom. The van der Waals surface area contributed by atoms with Crippen molar-refractivity contribution in [2.75, 3.05) is 19.7 Å². The minimum Gasteiger partial charge on any atom is -0.378 e. The summed E-state index contributed by atoms with van der Waals surface area (Å²) in [6, 6.07) is -0.817. The van der Waals surface area contributed by atoms with Crippen LogP contribution >= 0.6 is 15.9 Å². The zero-order valence-electron chi connectivity index (χ0n) is 18.7. The van der Waals surface area contributed by atoms with E-state index in [9.17, 15) is 23.3 Å². The van der Waals surface area contributed by atoms with Crippen LogP contribution in [0.2, 0.25) is 0 Å². The normalized spacial score (nSPS) is 35.0. The van der Waals surface area contributed by atoms with Gasteiger partial charge in [-0.05, 0) is 51.9 Å². The van der Waals surface area contributed by atoms with Crippen LogP contribution < -0.4 is 5.32 Å². The molecule has 2 unspecified atom stereocenters. The summed E-state index contributed by atoms with van der Waals surface area (Å²) in [5.74, 6) is 0. The highest BCUT2D eigenvalue weighted by Gasteiger charge is 2.53. The Morgan fingerprint density at radius 1 is 1.28 bits per heavy atom. The van der Waals surface area contributed by atoms with Crippen LogP contribution in [0.25, 0.3) is 0 Å². The Bertz CT molecular complexity index is 730. The third-order valence-corrected chi connectivity index (χ3v) is 8.04. The Balaban J connectivity index is 1.54. The first-order valence-corrected chi connectivity index (χ1v) is 12.2. The highest BCUT2D eigenvalue weighted by atomic mass is 79.9. The van der Waals surface area contributed by atoms with Crippen LogP contribution in [0.1, 0.15) is 58.8 Å². The zero-order chi connectivity index (χ0) is 23.6. The fraction of sp³-hybridized carbons (Fsp3) is 0.818. The van der Waals surface area contributed by atoms with Gasteiger partial charge in [0.25, 0.3) is 5.70 Å². The quantitative estimate of drug-likeness (QED) is 0.221. The molecule has 10 heteroatoms. The first-order valence-electron chi connectivity index (χ1n) is 11.4. The highest BCUT2D eigenvalue weighted by Crippen LogP contribution is 2.43. The number of halogens is 4. The highest BCUT2D eigenvalue weighted by molar-refractivity contribution is 9.10. The van der Waals surface area contributed by atoms with Crippen LogP contribution in [0.3, 0.4) is 0 Å². The number of nitro groups is 1. The van der Waals surface area contributed by atoms with Crippen molar-refractivity contribution in [1.82, 2.24) is 10.2 Å². The van der Waals surface area contributed by atoms with Gasteiger partial charge in [-0.3, -0.25) is 20.3 Å². The molecular weight excluding hydrogens is 491 g/mol. The maximum absolute atomic E-state index is 13.3. The zero-order valence-corrected chi connectivity index (χ0v) is 20.3. The van der Waals surface area contributed by atoms with Crippen LogP contribution in [-0.4, -0.2) is 63.7 Å². The molecule has 1 saturated heterocycles. The van der Waals surface area contributed by atoms with Crippen molar-refractivity contribution in [2.24, 2.45) is 0 Å². The first kappa shape index (κ1) is 25.6. The van der Waals surface area contributed by atoms with Crippen molar-refractivity contribution in [3.63, 3.8) is 0 Å². The maximum atomic E-state index is 13.3. The molecule has 1 N–H and O–H groups in total. The molecule has 0 aromatic rings. The molecule has 6 nitrogen and oxygen atoms in total. The molecule has 2 aliphatic carbocycles. The Kier molecular flexibility index (Phi) is 8.10. The van der Waals surface area contributed by atoms with Crippen molar-refractivity contribution in [3.8, 4) is 0 Å². The number of likely N-dealkylation sites (tertiary alicyclic amines) is 1. The number of rotatable bonds is 7. The second kappa shape index (κ2) is 10.1. The van der Waals surface area contributed by atoms with Crippen LogP contribution in [0.5, 0.6) is 0 Å². The number of alkyl halides is 4. The van der Waals surface area contributed by atoms with Gasteiger partial charge in [-0.1, -0.05) is 35.0 Å². The summed E-state index contributed by atoms with van der Waals surface area (Å²) in [4.78, 5) is 13.3. The van der Waals surface area contributed by atoms with Crippen LogP contribution in [0.15, 0.2) is 23.9 Å². The summed E-state index contributed by atoms with van der Waals surface area (Å²) in [6.07, 6.45) is 5.51. The molecule has 3 rings (SSSR count). The van der Waals surface area contributed by atoms with Gasteiger partial charge < -0.3 is 4.74 Å². The average molecular weight is 524 g/mol. The fourth-order valence-electron chi connectivity index (χ4n) is 4.99. The molecule has 0 aromatic carbocycles. The predicted molar refractivity (Wildman–Crippen MR) is 120 cm³/mol. The summed E-state index contributed by atoms with van der Waals surface area (Å²) < 4.78 is 43.3. The van der Waals surface area contributed by atoms with E-state index >= 15 is 0 Å². The van der Waals surface area contributed by atoms with Crippen molar-refractivity contribution < 1.29 is 22.8 Å². The molecule has 1 heterocycles. The molecule has 2 fully saturated rings. The molecular formula is C22H33BrF3N3O3. The van der Waals surface area contributed by atoms with Gasteiger partial charge in [-0.25, -0.2) is 0 Å². The van der Waals surface area contributed by atoms with Gasteiger partial charge in [0.05, 0.1) is 11.0 Å². The lowest BCUT2D eigenvalue weighted by molar-refractivity contribution is -0.430. The number of hydrogen-bond acceptors (Lipinski definition) is 5. The Morgan fingerprint density at radius 2 is 1.91 bits per heavy atom. The van der Waals surface area contributed by atoms with E-state index in [0.29, 0.717) is 12.2 Å². The molecule has 0 radical (unpaired) electrons. The topological polar surface area (TPSA) is 67.6 Å². The Labute approximate surface area is 195 Å². The lowest BCUT2D eigenvalue weighted by Gasteiger charge is -2.48. The van der Waals surface area contributed by atoms with Crippen LogP contribution in [0.4, 0.5) is 13.2 Å². The molecule has 1 saturated carbocycles. The van der Waals surface area contributed by atoms with Crippen molar-refractivity contribution >= 4 is 15.9 Å². The number of nitrogens with zero attached hydrogens (tertiary/aromatic N) is 2. The molecule has 2 atom stereocenters.